The monoisotopic (exact) mass is 256 g/mol. The average molecular weight is 256 g/mol. The van der Waals surface area contributed by atoms with E-state index < -0.39 is 0 Å². The lowest BCUT2D eigenvalue weighted by Crippen LogP contribution is -2.54. The van der Waals surface area contributed by atoms with Crippen molar-refractivity contribution in [1.82, 2.24) is 9.80 Å². The molecule has 0 aromatic heterocycles. The highest BCUT2D eigenvalue weighted by molar-refractivity contribution is 5.82. The van der Waals surface area contributed by atoms with E-state index >= 15 is 0 Å². The van der Waals surface area contributed by atoms with E-state index in [1.54, 1.807) is 7.11 Å². The van der Waals surface area contributed by atoms with Crippen LogP contribution in [-0.4, -0.2) is 74.9 Å². The van der Waals surface area contributed by atoms with Crippen LogP contribution in [0.3, 0.4) is 0 Å². The summed E-state index contributed by atoms with van der Waals surface area (Å²) in [5.74, 6) is 0.286. The molecule has 5 nitrogen and oxygen atoms in total. The third-order valence-electron chi connectivity index (χ3n) is 3.80. The molecule has 0 N–H and O–H groups in total. The van der Waals surface area contributed by atoms with Gasteiger partial charge in [-0.3, -0.25) is 9.69 Å². The second kappa shape index (κ2) is 7.07. The maximum absolute atomic E-state index is 12.5. The molecular formula is C13H24N2O3. The summed E-state index contributed by atoms with van der Waals surface area (Å²) in [4.78, 5) is 16.8. The molecule has 104 valence electrons. The molecule has 2 saturated heterocycles. The van der Waals surface area contributed by atoms with Crippen molar-refractivity contribution in [2.24, 2.45) is 0 Å². The van der Waals surface area contributed by atoms with Gasteiger partial charge in [-0.15, -0.1) is 0 Å². The Kier molecular flexibility index (Phi) is 5.41. The zero-order chi connectivity index (χ0) is 12.8. The van der Waals surface area contributed by atoms with Crippen molar-refractivity contribution in [3.05, 3.63) is 0 Å². The van der Waals surface area contributed by atoms with Gasteiger partial charge in [0.15, 0.2) is 0 Å². The summed E-state index contributed by atoms with van der Waals surface area (Å²) >= 11 is 0. The number of carbonyl (C=O) groups excluding carboxylic acids is 1. The molecule has 0 radical (unpaired) electrons. The maximum Gasteiger partial charge on any atom is 0.240 e. The second-order valence-corrected chi connectivity index (χ2v) is 4.98. The van der Waals surface area contributed by atoms with E-state index in [0.29, 0.717) is 19.8 Å². The van der Waals surface area contributed by atoms with Gasteiger partial charge in [0.2, 0.25) is 5.91 Å². The Labute approximate surface area is 109 Å². The zero-order valence-corrected chi connectivity index (χ0v) is 11.3. The fourth-order valence-electron chi connectivity index (χ4n) is 2.74. The van der Waals surface area contributed by atoms with Crippen molar-refractivity contribution >= 4 is 5.91 Å². The number of morpholine rings is 1. The largest absolute Gasteiger partial charge is 0.383 e. The highest BCUT2D eigenvalue weighted by Gasteiger charge is 2.32. The molecule has 5 heteroatoms. The Hall–Kier alpha value is -0.650. The molecule has 1 amide bonds. The first-order valence-electron chi connectivity index (χ1n) is 6.92. The average Bonchev–Trinajstić information content (AvgIpc) is 2.45. The van der Waals surface area contributed by atoms with Crippen molar-refractivity contribution in [3.63, 3.8) is 0 Å². The van der Waals surface area contributed by atoms with Gasteiger partial charge in [0, 0.05) is 26.7 Å². The van der Waals surface area contributed by atoms with Crippen LogP contribution in [0.25, 0.3) is 0 Å². The number of amides is 1. The van der Waals surface area contributed by atoms with Crippen LogP contribution in [0.15, 0.2) is 0 Å². The summed E-state index contributed by atoms with van der Waals surface area (Å²) in [6.07, 6.45) is 3.33. The summed E-state index contributed by atoms with van der Waals surface area (Å²) in [6, 6.07) is 0.0620. The fraction of sp³-hybridized carbons (Fsp3) is 0.923. The van der Waals surface area contributed by atoms with Crippen molar-refractivity contribution in [2.75, 3.05) is 53.1 Å². The lowest BCUT2D eigenvalue weighted by molar-refractivity contribution is -0.142. The number of hydrogen-bond donors (Lipinski definition) is 0. The van der Waals surface area contributed by atoms with Crippen molar-refractivity contribution < 1.29 is 14.3 Å². The Bertz CT molecular complexity index is 267. The Morgan fingerprint density at radius 3 is 2.78 bits per heavy atom. The predicted octanol–water partition coefficient (Wildman–Crippen LogP) is 0.346. The number of rotatable bonds is 4. The minimum atomic E-state index is 0.0620. The molecule has 0 aromatic carbocycles. The minimum Gasteiger partial charge on any atom is -0.383 e. The van der Waals surface area contributed by atoms with Crippen LogP contribution in [-0.2, 0) is 14.3 Å². The molecule has 0 spiro atoms. The van der Waals surface area contributed by atoms with Gasteiger partial charge in [-0.05, 0) is 19.4 Å². The molecule has 0 aromatic rings. The first-order valence-corrected chi connectivity index (χ1v) is 6.92. The molecular weight excluding hydrogens is 232 g/mol. The first-order chi connectivity index (χ1) is 8.83. The van der Waals surface area contributed by atoms with Gasteiger partial charge in [0.05, 0.1) is 25.9 Å². The zero-order valence-electron chi connectivity index (χ0n) is 11.3. The summed E-state index contributed by atoms with van der Waals surface area (Å²) in [5, 5.41) is 0. The molecule has 2 fully saturated rings. The van der Waals surface area contributed by atoms with Crippen LogP contribution in [0.2, 0.25) is 0 Å². The second-order valence-electron chi connectivity index (χ2n) is 4.98. The smallest absolute Gasteiger partial charge is 0.240 e. The van der Waals surface area contributed by atoms with Crippen LogP contribution in [0.5, 0.6) is 0 Å². The van der Waals surface area contributed by atoms with Crippen LogP contribution in [0, 0.1) is 0 Å². The Morgan fingerprint density at radius 1 is 1.28 bits per heavy atom. The maximum atomic E-state index is 12.5. The normalized spacial score (nSPS) is 26.3. The molecule has 2 aliphatic heterocycles. The van der Waals surface area contributed by atoms with E-state index in [-0.39, 0.29) is 11.9 Å². The van der Waals surface area contributed by atoms with Gasteiger partial charge in [0.1, 0.15) is 0 Å². The molecule has 0 saturated carbocycles. The van der Waals surface area contributed by atoms with Crippen LogP contribution >= 0.6 is 0 Å². The van der Waals surface area contributed by atoms with E-state index in [4.69, 9.17) is 9.47 Å². The third kappa shape index (κ3) is 3.43. The van der Waals surface area contributed by atoms with Gasteiger partial charge in [-0.25, -0.2) is 0 Å². The number of ether oxygens (including phenoxy) is 2. The highest BCUT2D eigenvalue weighted by Crippen LogP contribution is 2.19. The fourth-order valence-corrected chi connectivity index (χ4v) is 2.74. The van der Waals surface area contributed by atoms with Gasteiger partial charge in [-0.2, -0.15) is 0 Å². The number of methoxy groups -OCH3 is 1. The van der Waals surface area contributed by atoms with Crippen molar-refractivity contribution in [3.8, 4) is 0 Å². The van der Waals surface area contributed by atoms with Crippen molar-refractivity contribution in [1.29, 1.82) is 0 Å². The van der Waals surface area contributed by atoms with E-state index in [1.807, 2.05) is 4.90 Å². The molecule has 18 heavy (non-hydrogen) atoms. The van der Waals surface area contributed by atoms with Gasteiger partial charge >= 0.3 is 0 Å². The topological polar surface area (TPSA) is 42.0 Å². The van der Waals surface area contributed by atoms with Crippen molar-refractivity contribution in [2.45, 2.75) is 25.3 Å². The molecule has 2 rings (SSSR count). The standard InChI is InChI=1S/C13H24N2O3/c1-17-9-6-14-5-3-2-4-12(14)13(16)15-7-10-18-11-8-15/h12H,2-11H2,1H3. The summed E-state index contributed by atoms with van der Waals surface area (Å²) in [6.45, 7) is 5.42. The number of carbonyl (C=O) groups is 1. The minimum absolute atomic E-state index is 0.0620. The van der Waals surface area contributed by atoms with E-state index in [0.717, 1.165) is 39.0 Å². The highest BCUT2D eigenvalue weighted by atomic mass is 16.5. The first kappa shape index (κ1) is 13.8. The summed E-state index contributed by atoms with van der Waals surface area (Å²) in [7, 11) is 1.71. The number of hydrogen-bond acceptors (Lipinski definition) is 4. The van der Waals surface area contributed by atoms with Crippen LogP contribution in [0.4, 0.5) is 0 Å². The molecule has 1 atom stereocenters. The quantitative estimate of drug-likeness (QED) is 0.728. The number of piperidine rings is 1. The van der Waals surface area contributed by atoms with Crippen LogP contribution < -0.4 is 0 Å². The van der Waals surface area contributed by atoms with E-state index in [2.05, 4.69) is 4.90 Å². The van der Waals surface area contributed by atoms with E-state index in [9.17, 15) is 4.79 Å². The van der Waals surface area contributed by atoms with Gasteiger partial charge < -0.3 is 14.4 Å². The molecule has 0 aliphatic carbocycles. The molecule has 0 bridgehead atoms. The molecule has 1 unspecified atom stereocenters. The summed E-state index contributed by atoms with van der Waals surface area (Å²) < 4.78 is 10.4. The SMILES string of the molecule is COCCN1CCCCC1C(=O)N1CCOCC1. The Morgan fingerprint density at radius 2 is 2.06 bits per heavy atom. The molecule has 2 heterocycles. The van der Waals surface area contributed by atoms with Crippen LogP contribution in [0.1, 0.15) is 19.3 Å². The number of likely N-dealkylation sites (tertiary alicyclic amines) is 1. The van der Waals surface area contributed by atoms with E-state index in [1.165, 1.54) is 6.42 Å². The lowest BCUT2D eigenvalue weighted by Gasteiger charge is -2.38. The lowest BCUT2D eigenvalue weighted by atomic mass is 10.0. The number of nitrogens with zero attached hydrogens (tertiary/aromatic N) is 2. The predicted molar refractivity (Wildman–Crippen MR) is 68.5 cm³/mol. The Balaban J connectivity index is 1.91. The van der Waals surface area contributed by atoms with Gasteiger partial charge in [-0.1, -0.05) is 6.42 Å². The third-order valence-corrected chi connectivity index (χ3v) is 3.80. The van der Waals surface area contributed by atoms with Gasteiger partial charge in [0.25, 0.3) is 0 Å². The summed E-state index contributed by atoms with van der Waals surface area (Å²) in [5.41, 5.74) is 0. The molecule has 2 aliphatic rings.